The molecule has 142 valence electrons. The maximum Gasteiger partial charge on any atom is 0.332 e. The van der Waals surface area contributed by atoms with Gasteiger partial charge in [0.1, 0.15) is 5.82 Å². The third-order valence-corrected chi connectivity index (χ3v) is 5.88. The average Bonchev–Trinajstić information content (AvgIpc) is 3.03. The second kappa shape index (κ2) is 6.82. The summed E-state index contributed by atoms with van der Waals surface area (Å²) in [6, 6.07) is 5.52. The predicted molar refractivity (Wildman–Crippen MR) is 106 cm³/mol. The highest BCUT2D eigenvalue weighted by atomic mass is 35.5. The van der Waals surface area contributed by atoms with Crippen LogP contribution in [0.1, 0.15) is 11.4 Å². The fourth-order valence-corrected chi connectivity index (χ4v) is 4.19. The van der Waals surface area contributed by atoms with Crippen LogP contribution in [0.4, 0.5) is 0 Å². The van der Waals surface area contributed by atoms with Gasteiger partial charge in [-0.25, -0.2) is 9.78 Å². The Hall–Kier alpha value is -2.09. The van der Waals surface area contributed by atoms with Crippen LogP contribution in [0.3, 0.4) is 0 Å². The van der Waals surface area contributed by atoms with Crippen molar-refractivity contribution in [1.29, 1.82) is 0 Å². The van der Waals surface area contributed by atoms with Crippen molar-refractivity contribution >= 4 is 34.4 Å². The zero-order valence-corrected chi connectivity index (χ0v) is 16.6. The van der Waals surface area contributed by atoms with Gasteiger partial charge in [-0.15, -0.1) is 0 Å². The van der Waals surface area contributed by atoms with Crippen molar-refractivity contribution in [3.8, 4) is 0 Å². The minimum atomic E-state index is -0.367. The molecule has 3 heterocycles. The lowest BCUT2D eigenvalue weighted by molar-refractivity contribution is 0.221. The standard InChI is InChI=1S/C18H19Cl2N5O2/c1-22-16-15(17(26)23(2)18(22)27)25-9-8-24(10-14(25)21-16)7-6-11-12(19)4-3-5-13(11)20/h3-5H,6-10H2,1-2H3. The second-order valence-electron chi connectivity index (χ2n) is 6.78. The van der Waals surface area contributed by atoms with E-state index in [9.17, 15) is 9.59 Å². The summed E-state index contributed by atoms with van der Waals surface area (Å²) in [6.07, 6.45) is 0.735. The molecule has 1 aliphatic heterocycles. The highest BCUT2D eigenvalue weighted by Crippen LogP contribution is 2.25. The molecular formula is C18H19Cl2N5O2. The molecule has 1 aliphatic rings. The fraction of sp³-hybridized carbons (Fsp3) is 0.389. The van der Waals surface area contributed by atoms with Gasteiger partial charge in [-0.3, -0.25) is 18.8 Å². The Morgan fingerprint density at radius 1 is 1.07 bits per heavy atom. The molecule has 3 aromatic rings. The lowest BCUT2D eigenvalue weighted by Gasteiger charge is -2.27. The van der Waals surface area contributed by atoms with Crippen molar-refractivity contribution in [2.24, 2.45) is 14.1 Å². The Bertz CT molecular complexity index is 1140. The first-order chi connectivity index (χ1) is 12.9. The number of nitrogens with zero attached hydrogens (tertiary/aromatic N) is 5. The van der Waals surface area contributed by atoms with Crippen LogP contribution < -0.4 is 11.2 Å². The molecular weight excluding hydrogens is 389 g/mol. The Labute approximate surface area is 165 Å². The number of fused-ring (bicyclic) bond motifs is 3. The van der Waals surface area contributed by atoms with E-state index in [1.54, 1.807) is 7.05 Å². The molecule has 7 nitrogen and oxygen atoms in total. The summed E-state index contributed by atoms with van der Waals surface area (Å²) in [5.74, 6) is 0.791. The van der Waals surface area contributed by atoms with Gasteiger partial charge in [0, 0.05) is 43.8 Å². The molecule has 0 amide bonds. The maximum absolute atomic E-state index is 12.5. The van der Waals surface area contributed by atoms with Gasteiger partial charge in [-0.1, -0.05) is 29.3 Å². The van der Waals surface area contributed by atoms with Crippen molar-refractivity contribution in [1.82, 2.24) is 23.6 Å². The molecule has 27 heavy (non-hydrogen) atoms. The molecule has 0 unspecified atom stereocenters. The third-order valence-electron chi connectivity index (χ3n) is 5.17. The van der Waals surface area contributed by atoms with Crippen LogP contribution in [0.25, 0.3) is 11.2 Å². The summed E-state index contributed by atoms with van der Waals surface area (Å²) < 4.78 is 4.48. The van der Waals surface area contributed by atoms with Gasteiger partial charge in [0.2, 0.25) is 0 Å². The number of hydrogen-bond donors (Lipinski definition) is 0. The lowest BCUT2D eigenvalue weighted by atomic mass is 10.1. The van der Waals surface area contributed by atoms with Gasteiger partial charge in [0.25, 0.3) is 5.56 Å². The van der Waals surface area contributed by atoms with Gasteiger partial charge < -0.3 is 4.57 Å². The van der Waals surface area contributed by atoms with E-state index in [2.05, 4.69) is 9.88 Å². The van der Waals surface area contributed by atoms with Crippen molar-refractivity contribution in [2.45, 2.75) is 19.5 Å². The predicted octanol–water partition coefficient (Wildman–Crippen LogP) is 1.80. The summed E-state index contributed by atoms with van der Waals surface area (Å²) in [6.45, 7) is 2.82. The number of aromatic nitrogens is 4. The Morgan fingerprint density at radius 2 is 1.78 bits per heavy atom. The molecule has 4 rings (SSSR count). The lowest BCUT2D eigenvalue weighted by Crippen LogP contribution is -2.39. The summed E-state index contributed by atoms with van der Waals surface area (Å²) in [7, 11) is 3.13. The average molecular weight is 408 g/mol. The molecule has 0 N–H and O–H groups in total. The summed E-state index contributed by atoms with van der Waals surface area (Å²) in [5.41, 5.74) is 1.20. The Kier molecular flexibility index (Phi) is 4.61. The SMILES string of the molecule is Cn1c(=O)c2c(nc3n2CCN(CCc2c(Cl)cccc2Cl)C3)n(C)c1=O. The summed E-state index contributed by atoms with van der Waals surface area (Å²) in [4.78, 5) is 31.5. The van der Waals surface area contributed by atoms with Gasteiger partial charge in [0.05, 0.1) is 6.54 Å². The van der Waals surface area contributed by atoms with Gasteiger partial charge in [-0.2, -0.15) is 0 Å². The number of imidazole rings is 1. The normalized spacial score (nSPS) is 14.7. The summed E-state index contributed by atoms with van der Waals surface area (Å²) >= 11 is 12.5. The molecule has 0 bridgehead atoms. The van der Waals surface area contributed by atoms with Gasteiger partial charge >= 0.3 is 5.69 Å². The van der Waals surface area contributed by atoms with Gasteiger partial charge in [-0.05, 0) is 24.1 Å². The van der Waals surface area contributed by atoms with Crippen molar-refractivity contribution in [2.75, 3.05) is 13.1 Å². The first-order valence-electron chi connectivity index (χ1n) is 8.69. The first-order valence-corrected chi connectivity index (χ1v) is 9.44. The highest BCUT2D eigenvalue weighted by Gasteiger charge is 2.24. The third kappa shape index (κ3) is 2.99. The molecule has 0 saturated heterocycles. The molecule has 0 saturated carbocycles. The van der Waals surface area contributed by atoms with E-state index in [1.807, 2.05) is 22.8 Å². The van der Waals surface area contributed by atoms with Crippen LogP contribution in [0.2, 0.25) is 10.0 Å². The van der Waals surface area contributed by atoms with Crippen LogP contribution in [0.15, 0.2) is 27.8 Å². The largest absolute Gasteiger partial charge is 0.332 e. The molecule has 0 aliphatic carbocycles. The van der Waals surface area contributed by atoms with Crippen LogP contribution in [-0.2, 0) is 33.6 Å². The Balaban J connectivity index is 1.62. The monoisotopic (exact) mass is 407 g/mol. The molecule has 0 atom stereocenters. The maximum atomic E-state index is 12.5. The van der Waals surface area contributed by atoms with E-state index in [0.29, 0.717) is 34.3 Å². The number of hydrogen-bond acceptors (Lipinski definition) is 4. The minimum Gasteiger partial charge on any atom is -0.320 e. The molecule has 0 fully saturated rings. The minimum absolute atomic E-state index is 0.303. The molecule has 0 radical (unpaired) electrons. The first kappa shape index (κ1) is 18.3. The van der Waals surface area contributed by atoms with Crippen LogP contribution >= 0.6 is 23.2 Å². The van der Waals surface area contributed by atoms with Crippen molar-refractivity contribution < 1.29 is 0 Å². The smallest absolute Gasteiger partial charge is 0.320 e. The van der Waals surface area contributed by atoms with Crippen LogP contribution in [-0.4, -0.2) is 36.7 Å². The second-order valence-corrected chi connectivity index (χ2v) is 7.60. The number of halogens is 2. The quantitative estimate of drug-likeness (QED) is 0.663. The zero-order chi connectivity index (χ0) is 19.3. The van der Waals surface area contributed by atoms with Crippen molar-refractivity contribution in [3.63, 3.8) is 0 Å². The number of aryl methyl sites for hydroxylation is 1. The van der Waals surface area contributed by atoms with Gasteiger partial charge in [0.15, 0.2) is 11.2 Å². The topological polar surface area (TPSA) is 65.1 Å². The molecule has 2 aromatic heterocycles. The van der Waals surface area contributed by atoms with Crippen LogP contribution in [0, 0.1) is 0 Å². The van der Waals surface area contributed by atoms with Crippen molar-refractivity contribution in [3.05, 3.63) is 60.5 Å². The number of rotatable bonds is 3. The molecule has 1 aromatic carbocycles. The van der Waals surface area contributed by atoms with Crippen LogP contribution in [0.5, 0.6) is 0 Å². The van der Waals surface area contributed by atoms with E-state index in [4.69, 9.17) is 23.2 Å². The van der Waals surface area contributed by atoms with E-state index < -0.39 is 0 Å². The molecule has 9 heteroatoms. The van der Waals surface area contributed by atoms with E-state index in [1.165, 1.54) is 11.6 Å². The Morgan fingerprint density at radius 3 is 2.48 bits per heavy atom. The fourth-order valence-electron chi connectivity index (χ4n) is 3.61. The van der Waals surface area contributed by atoms with E-state index in [-0.39, 0.29) is 11.2 Å². The zero-order valence-electron chi connectivity index (χ0n) is 15.1. The van der Waals surface area contributed by atoms with E-state index >= 15 is 0 Å². The van der Waals surface area contributed by atoms with E-state index in [0.717, 1.165) is 35.5 Å². The molecule has 0 spiro atoms. The summed E-state index contributed by atoms with van der Waals surface area (Å²) in [5, 5.41) is 1.34. The highest BCUT2D eigenvalue weighted by molar-refractivity contribution is 6.35. The number of benzene rings is 1.